The maximum absolute atomic E-state index is 6.00. The lowest BCUT2D eigenvalue weighted by Crippen LogP contribution is -2.39. The quantitative estimate of drug-likeness (QED) is 0.840. The molecule has 0 radical (unpaired) electrons. The zero-order chi connectivity index (χ0) is 12.7. The van der Waals surface area contributed by atoms with E-state index in [1.54, 1.807) is 0 Å². The average molecular weight is 251 g/mol. The molecule has 2 nitrogen and oxygen atoms in total. The van der Waals surface area contributed by atoms with Crippen molar-refractivity contribution in [3.63, 3.8) is 0 Å². The Hall–Kier alpha value is -1.64. The molecule has 3 atom stereocenters. The molecule has 1 N–H and O–H groups in total. The Morgan fingerprint density at radius 3 is 2.63 bits per heavy atom. The Morgan fingerprint density at radius 2 is 1.74 bits per heavy atom. The third-order valence-electron chi connectivity index (χ3n) is 4.25. The highest BCUT2D eigenvalue weighted by atomic mass is 16.5. The van der Waals surface area contributed by atoms with Crippen molar-refractivity contribution in [2.24, 2.45) is 5.92 Å². The van der Waals surface area contributed by atoms with Crippen molar-refractivity contribution in [1.29, 1.82) is 0 Å². The van der Waals surface area contributed by atoms with E-state index >= 15 is 0 Å². The molecular formula is C17H17NO. The molecule has 2 aromatic carbocycles. The van der Waals surface area contributed by atoms with Crippen LogP contribution in [-0.4, -0.2) is 6.61 Å². The molecule has 1 aliphatic heterocycles. The van der Waals surface area contributed by atoms with Crippen LogP contribution in [0.2, 0.25) is 0 Å². The van der Waals surface area contributed by atoms with Gasteiger partial charge in [0.15, 0.2) is 0 Å². The fourth-order valence-electron chi connectivity index (χ4n) is 3.31. The Morgan fingerprint density at radius 1 is 0.947 bits per heavy atom. The second kappa shape index (κ2) is 4.48. The molecule has 2 heteroatoms. The van der Waals surface area contributed by atoms with Gasteiger partial charge < -0.3 is 4.74 Å². The van der Waals surface area contributed by atoms with E-state index in [0.717, 1.165) is 13.0 Å². The highest BCUT2D eigenvalue weighted by Crippen LogP contribution is 2.41. The third kappa shape index (κ3) is 1.88. The summed E-state index contributed by atoms with van der Waals surface area (Å²) >= 11 is 0. The summed E-state index contributed by atoms with van der Waals surface area (Å²) in [5.41, 5.74) is 4.14. The number of rotatable bonds is 1. The number of ether oxygens (including phenoxy) is 1. The first-order valence-electron chi connectivity index (χ1n) is 6.92. The minimum Gasteiger partial charge on any atom is -0.359 e. The second-order valence-corrected chi connectivity index (χ2v) is 5.43. The average Bonchev–Trinajstić information content (AvgIpc) is 2.86. The normalized spacial score (nSPS) is 28.7. The van der Waals surface area contributed by atoms with E-state index in [-0.39, 0.29) is 6.23 Å². The van der Waals surface area contributed by atoms with Crippen molar-refractivity contribution in [2.75, 3.05) is 6.61 Å². The van der Waals surface area contributed by atoms with Crippen LogP contribution in [0.1, 0.15) is 29.0 Å². The van der Waals surface area contributed by atoms with Crippen LogP contribution in [-0.2, 0) is 11.2 Å². The summed E-state index contributed by atoms with van der Waals surface area (Å²) in [6.07, 6.45) is 1.16. The molecule has 4 rings (SSSR count). The van der Waals surface area contributed by atoms with Gasteiger partial charge in [-0.15, -0.1) is 0 Å². The smallest absolute Gasteiger partial charge is 0.134 e. The molecule has 0 unspecified atom stereocenters. The van der Waals surface area contributed by atoms with Crippen LogP contribution in [0.25, 0.3) is 0 Å². The summed E-state index contributed by atoms with van der Waals surface area (Å²) in [4.78, 5) is 0. The van der Waals surface area contributed by atoms with Gasteiger partial charge in [0.1, 0.15) is 6.23 Å². The lowest BCUT2D eigenvalue weighted by molar-refractivity contribution is -0.0494. The Balaban J connectivity index is 1.63. The largest absolute Gasteiger partial charge is 0.359 e. The van der Waals surface area contributed by atoms with Crippen LogP contribution in [0.4, 0.5) is 0 Å². The lowest BCUT2D eigenvalue weighted by atomic mass is 9.98. The standard InChI is InChI=1S/C17H17NO/c1-2-6-12(7-3-1)17-18-16-14(11-19-17)10-13-8-4-5-9-15(13)16/h1-9,14,16-18H,10-11H2/t14-,16+,17+/m1/s1. The molecule has 0 saturated carbocycles. The van der Waals surface area contributed by atoms with Crippen LogP contribution >= 0.6 is 0 Å². The Bertz CT molecular complexity index is 581. The number of hydrogen-bond donors (Lipinski definition) is 1. The number of nitrogens with one attached hydrogen (secondary N) is 1. The van der Waals surface area contributed by atoms with Gasteiger partial charge in [-0.25, -0.2) is 0 Å². The first-order valence-corrected chi connectivity index (χ1v) is 6.92. The van der Waals surface area contributed by atoms with Crippen molar-refractivity contribution in [3.8, 4) is 0 Å². The minimum atomic E-state index is 0.0219. The molecule has 1 fully saturated rings. The van der Waals surface area contributed by atoms with Crippen LogP contribution in [0.15, 0.2) is 54.6 Å². The zero-order valence-corrected chi connectivity index (χ0v) is 10.8. The minimum absolute atomic E-state index is 0.0219. The molecule has 0 spiro atoms. The maximum atomic E-state index is 6.00. The van der Waals surface area contributed by atoms with E-state index in [1.807, 2.05) is 6.07 Å². The van der Waals surface area contributed by atoms with E-state index in [9.17, 15) is 0 Å². The Labute approximate surface area is 113 Å². The summed E-state index contributed by atoms with van der Waals surface area (Å²) < 4.78 is 6.00. The molecule has 0 bridgehead atoms. The molecule has 1 saturated heterocycles. The summed E-state index contributed by atoms with van der Waals surface area (Å²) in [5.74, 6) is 0.581. The molecule has 1 aliphatic carbocycles. The monoisotopic (exact) mass is 251 g/mol. The van der Waals surface area contributed by atoms with E-state index in [4.69, 9.17) is 4.74 Å². The van der Waals surface area contributed by atoms with Gasteiger partial charge in [-0.2, -0.15) is 0 Å². The van der Waals surface area contributed by atoms with E-state index in [2.05, 4.69) is 53.8 Å². The zero-order valence-electron chi connectivity index (χ0n) is 10.8. The van der Waals surface area contributed by atoms with Crippen LogP contribution < -0.4 is 5.32 Å². The molecule has 19 heavy (non-hydrogen) atoms. The molecule has 2 aromatic rings. The summed E-state index contributed by atoms with van der Waals surface area (Å²) in [6, 6.07) is 19.6. The molecule has 2 aliphatic rings. The van der Waals surface area contributed by atoms with Crippen LogP contribution in [0.3, 0.4) is 0 Å². The fraction of sp³-hybridized carbons (Fsp3) is 0.294. The van der Waals surface area contributed by atoms with Crippen molar-refractivity contribution in [3.05, 3.63) is 71.3 Å². The van der Waals surface area contributed by atoms with E-state index in [1.165, 1.54) is 16.7 Å². The van der Waals surface area contributed by atoms with Gasteiger partial charge in [-0.1, -0.05) is 54.6 Å². The first-order chi connectivity index (χ1) is 9.42. The molecule has 0 amide bonds. The van der Waals surface area contributed by atoms with Crippen LogP contribution in [0.5, 0.6) is 0 Å². The molecular weight excluding hydrogens is 234 g/mol. The van der Waals surface area contributed by atoms with Crippen molar-refractivity contribution in [2.45, 2.75) is 18.7 Å². The molecule has 96 valence electrons. The van der Waals surface area contributed by atoms with Crippen molar-refractivity contribution >= 4 is 0 Å². The second-order valence-electron chi connectivity index (χ2n) is 5.43. The van der Waals surface area contributed by atoms with Gasteiger partial charge >= 0.3 is 0 Å². The van der Waals surface area contributed by atoms with Crippen molar-refractivity contribution < 1.29 is 4.74 Å². The van der Waals surface area contributed by atoms with Crippen molar-refractivity contribution in [1.82, 2.24) is 5.32 Å². The topological polar surface area (TPSA) is 21.3 Å². The van der Waals surface area contributed by atoms with Gasteiger partial charge in [0, 0.05) is 12.0 Å². The van der Waals surface area contributed by atoms with Gasteiger partial charge in [-0.3, -0.25) is 5.32 Å². The van der Waals surface area contributed by atoms with Gasteiger partial charge in [0.05, 0.1) is 6.61 Å². The van der Waals surface area contributed by atoms with Gasteiger partial charge in [-0.05, 0) is 23.1 Å². The van der Waals surface area contributed by atoms with Crippen LogP contribution in [0, 0.1) is 5.92 Å². The first kappa shape index (κ1) is 11.2. The summed E-state index contributed by atoms with van der Waals surface area (Å²) in [5, 5.41) is 3.67. The van der Waals surface area contributed by atoms with Gasteiger partial charge in [0.25, 0.3) is 0 Å². The summed E-state index contributed by atoms with van der Waals surface area (Å²) in [7, 11) is 0. The highest BCUT2D eigenvalue weighted by Gasteiger charge is 2.37. The molecule has 1 heterocycles. The predicted molar refractivity (Wildman–Crippen MR) is 74.6 cm³/mol. The maximum Gasteiger partial charge on any atom is 0.134 e. The number of fused-ring (bicyclic) bond motifs is 3. The van der Waals surface area contributed by atoms with E-state index < -0.39 is 0 Å². The third-order valence-corrected chi connectivity index (χ3v) is 4.25. The fourth-order valence-corrected chi connectivity index (χ4v) is 3.31. The number of hydrogen-bond acceptors (Lipinski definition) is 2. The van der Waals surface area contributed by atoms with Gasteiger partial charge in [0.2, 0.25) is 0 Å². The lowest BCUT2D eigenvalue weighted by Gasteiger charge is -2.34. The SMILES string of the molecule is c1ccc([C@H]2N[C@@H]3c4ccccc4C[C@@H]3CO2)cc1. The predicted octanol–water partition coefficient (Wildman–Crippen LogP) is 3.22. The summed E-state index contributed by atoms with van der Waals surface area (Å²) in [6.45, 7) is 0.839. The Kier molecular flexibility index (Phi) is 2.64. The number of benzene rings is 2. The molecule has 0 aromatic heterocycles. The highest BCUT2D eigenvalue weighted by molar-refractivity contribution is 5.36. The van der Waals surface area contributed by atoms with E-state index in [0.29, 0.717) is 12.0 Å².